The first-order valence-electron chi connectivity index (χ1n) is 13.3. The summed E-state index contributed by atoms with van der Waals surface area (Å²) in [6.45, 7) is 6.35. The van der Waals surface area contributed by atoms with Crippen molar-refractivity contribution in [3.05, 3.63) is 114 Å². The maximum Gasteiger partial charge on any atom is 0.235 e. The van der Waals surface area contributed by atoms with Crippen LogP contribution in [0.25, 0.3) is 71.9 Å². The van der Waals surface area contributed by atoms with Gasteiger partial charge in [-0.3, -0.25) is 4.57 Å². The third-order valence-electron chi connectivity index (χ3n) is 7.82. The quantitative estimate of drug-likeness (QED) is 0.236. The molecule has 0 N–H and O–H groups in total. The number of fused-ring (bicyclic) bond motifs is 8. The summed E-state index contributed by atoms with van der Waals surface area (Å²) in [5, 5.41) is 5.59. The molecule has 0 amide bonds. The lowest BCUT2D eigenvalue weighted by Crippen LogP contribution is -2.03. The van der Waals surface area contributed by atoms with E-state index < -0.39 is 0 Å². The van der Waals surface area contributed by atoms with Crippen molar-refractivity contribution < 1.29 is 4.42 Å². The highest BCUT2D eigenvalue weighted by atomic mass is 16.3. The van der Waals surface area contributed by atoms with Crippen molar-refractivity contribution in [1.29, 1.82) is 0 Å². The van der Waals surface area contributed by atoms with E-state index in [0.29, 0.717) is 5.95 Å². The molecular weight excluding hydrogens is 478 g/mol. The molecule has 39 heavy (non-hydrogen) atoms. The Kier molecular flexibility index (Phi) is 4.54. The summed E-state index contributed by atoms with van der Waals surface area (Å²) < 4.78 is 8.66. The zero-order valence-corrected chi connectivity index (χ0v) is 22.0. The van der Waals surface area contributed by atoms with Gasteiger partial charge in [0, 0.05) is 27.1 Å². The third-order valence-corrected chi connectivity index (χ3v) is 7.82. The van der Waals surface area contributed by atoms with Crippen LogP contribution in [0.4, 0.5) is 0 Å². The number of hydrogen-bond donors (Lipinski definition) is 0. The van der Waals surface area contributed by atoms with Gasteiger partial charge in [-0.25, -0.2) is 9.97 Å². The first-order valence-corrected chi connectivity index (χ1v) is 13.3. The number of aryl methyl sites for hydroxylation is 3. The SMILES string of the molecule is Cc1cccc(-c2nc(-n3c4ccc(C)cc4c4ccc5oc6c(C)cccc6c5c43)nc3ccccc23)c1. The van der Waals surface area contributed by atoms with Gasteiger partial charge < -0.3 is 4.42 Å². The fourth-order valence-electron chi connectivity index (χ4n) is 6.03. The number of hydrogen-bond acceptors (Lipinski definition) is 3. The largest absolute Gasteiger partial charge is 0.456 e. The van der Waals surface area contributed by atoms with Crippen LogP contribution in [-0.4, -0.2) is 14.5 Å². The van der Waals surface area contributed by atoms with Crippen LogP contribution in [0.2, 0.25) is 0 Å². The second kappa shape index (κ2) is 8.02. The Hall–Kier alpha value is -4.96. The summed E-state index contributed by atoms with van der Waals surface area (Å²) in [6, 6.07) is 34.0. The van der Waals surface area contributed by atoms with Crippen LogP contribution in [0.15, 0.2) is 101 Å². The number of para-hydroxylation sites is 2. The van der Waals surface area contributed by atoms with Crippen molar-refractivity contribution in [3.8, 4) is 17.2 Å². The van der Waals surface area contributed by atoms with Gasteiger partial charge >= 0.3 is 0 Å². The molecule has 0 unspecified atom stereocenters. The van der Waals surface area contributed by atoms with Crippen molar-refractivity contribution in [2.45, 2.75) is 20.8 Å². The van der Waals surface area contributed by atoms with Gasteiger partial charge in [0.2, 0.25) is 5.95 Å². The maximum atomic E-state index is 6.42. The van der Waals surface area contributed by atoms with Gasteiger partial charge in [0.05, 0.1) is 27.6 Å². The molecule has 0 aliphatic rings. The minimum absolute atomic E-state index is 0.656. The third kappa shape index (κ3) is 3.18. The molecule has 0 saturated heterocycles. The van der Waals surface area contributed by atoms with Crippen LogP contribution in [0.3, 0.4) is 0 Å². The lowest BCUT2D eigenvalue weighted by Gasteiger charge is -2.12. The number of furan rings is 1. The smallest absolute Gasteiger partial charge is 0.235 e. The molecule has 0 bridgehead atoms. The molecule has 8 rings (SSSR count). The summed E-state index contributed by atoms with van der Waals surface area (Å²) in [6.07, 6.45) is 0. The highest BCUT2D eigenvalue weighted by Gasteiger charge is 2.22. The predicted molar refractivity (Wildman–Crippen MR) is 161 cm³/mol. The molecule has 3 heterocycles. The van der Waals surface area contributed by atoms with Gasteiger partial charge in [0.1, 0.15) is 11.2 Å². The molecule has 0 atom stereocenters. The zero-order chi connectivity index (χ0) is 26.2. The topological polar surface area (TPSA) is 43.9 Å². The molecule has 0 spiro atoms. The summed E-state index contributed by atoms with van der Waals surface area (Å²) in [5.41, 5.74) is 10.4. The summed E-state index contributed by atoms with van der Waals surface area (Å²) >= 11 is 0. The molecule has 0 saturated carbocycles. The number of rotatable bonds is 2. The summed E-state index contributed by atoms with van der Waals surface area (Å²) in [7, 11) is 0. The molecule has 3 aromatic heterocycles. The predicted octanol–water partition coefficient (Wildman–Crippen LogP) is 9.22. The molecule has 5 aromatic carbocycles. The van der Waals surface area contributed by atoms with E-state index in [4.69, 9.17) is 14.4 Å². The molecule has 0 aliphatic carbocycles. The highest BCUT2D eigenvalue weighted by Crippen LogP contribution is 2.41. The van der Waals surface area contributed by atoms with E-state index in [9.17, 15) is 0 Å². The minimum atomic E-state index is 0.656. The normalized spacial score (nSPS) is 12.0. The van der Waals surface area contributed by atoms with E-state index in [2.05, 4.69) is 116 Å². The molecule has 4 heteroatoms. The lowest BCUT2D eigenvalue weighted by atomic mass is 10.0. The Balaban J connectivity index is 1.58. The Bertz CT molecular complexity index is 2270. The van der Waals surface area contributed by atoms with Gasteiger partial charge in [-0.15, -0.1) is 0 Å². The van der Waals surface area contributed by atoms with Gasteiger partial charge in [-0.2, -0.15) is 0 Å². The molecule has 8 aromatic rings. The van der Waals surface area contributed by atoms with Gasteiger partial charge in [0.15, 0.2) is 0 Å². The minimum Gasteiger partial charge on any atom is -0.456 e. The van der Waals surface area contributed by atoms with Crippen LogP contribution < -0.4 is 0 Å². The lowest BCUT2D eigenvalue weighted by molar-refractivity contribution is 0.666. The molecule has 4 nitrogen and oxygen atoms in total. The van der Waals surface area contributed by atoms with Crippen molar-refractivity contribution in [1.82, 2.24) is 14.5 Å². The second-order valence-corrected chi connectivity index (χ2v) is 10.5. The fourth-order valence-corrected chi connectivity index (χ4v) is 6.03. The van der Waals surface area contributed by atoms with E-state index in [0.717, 1.165) is 60.7 Å². The Morgan fingerprint density at radius 1 is 0.641 bits per heavy atom. The van der Waals surface area contributed by atoms with Crippen LogP contribution >= 0.6 is 0 Å². The van der Waals surface area contributed by atoms with Gasteiger partial charge in [-0.05, 0) is 62.7 Å². The maximum absolute atomic E-state index is 6.42. The van der Waals surface area contributed by atoms with E-state index in [-0.39, 0.29) is 0 Å². The first-order chi connectivity index (χ1) is 19.1. The Labute approximate surface area is 225 Å². The molecular formula is C35H25N3O. The van der Waals surface area contributed by atoms with Crippen LogP contribution in [-0.2, 0) is 0 Å². The number of benzene rings is 5. The summed E-state index contributed by atoms with van der Waals surface area (Å²) in [4.78, 5) is 10.4. The van der Waals surface area contributed by atoms with Crippen molar-refractivity contribution in [3.63, 3.8) is 0 Å². The Morgan fingerprint density at radius 2 is 1.46 bits per heavy atom. The average Bonchev–Trinajstić information content (AvgIpc) is 3.49. The van der Waals surface area contributed by atoms with Crippen LogP contribution in [0.5, 0.6) is 0 Å². The zero-order valence-electron chi connectivity index (χ0n) is 22.0. The number of aromatic nitrogens is 3. The van der Waals surface area contributed by atoms with E-state index in [1.165, 1.54) is 21.9 Å². The highest BCUT2D eigenvalue weighted by molar-refractivity contribution is 6.24. The molecule has 186 valence electrons. The molecule has 0 aliphatic heterocycles. The van der Waals surface area contributed by atoms with Crippen LogP contribution in [0, 0.1) is 20.8 Å². The van der Waals surface area contributed by atoms with E-state index in [1.54, 1.807) is 0 Å². The van der Waals surface area contributed by atoms with Crippen LogP contribution in [0.1, 0.15) is 16.7 Å². The Morgan fingerprint density at radius 3 is 2.36 bits per heavy atom. The molecule has 0 fully saturated rings. The average molecular weight is 504 g/mol. The summed E-state index contributed by atoms with van der Waals surface area (Å²) in [5.74, 6) is 0.656. The van der Waals surface area contributed by atoms with E-state index >= 15 is 0 Å². The van der Waals surface area contributed by atoms with Gasteiger partial charge in [-0.1, -0.05) is 71.8 Å². The fraction of sp³-hybridized carbons (Fsp3) is 0.0857. The second-order valence-electron chi connectivity index (χ2n) is 10.5. The first kappa shape index (κ1) is 22.1. The van der Waals surface area contributed by atoms with E-state index in [1.807, 2.05) is 6.07 Å². The number of nitrogens with zero attached hydrogens (tertiary/aromatic N) is 3. The van der Waals surface area contributed by atoms with Crippen molar-refractivity contribution in [2.24, 2.45) is 0 Å². The van der Waals surface area contributed by atoms with Gasteiger partial charge in [0.25, 0.3) is 0 Å². The van der Waals surface area contributed by atoms with Crippen molar-refractivity contribution in [2.75, 3.05) is 0 Å². The standard InChI is InChI=1S/C35H25N3O/c1-20-8-6-10-23(18-20)32-25-11-4-5-13-28(25)36-35(37-32)38-29-16-14-21(2)19-27(29)24-15-17-30-31(33(24)38)26-12-7-9-22(3)34(26)39-30/h4-19H,1-3H3. The monoisotopic (exact) mass is 503 g/mol. The molecule has 0 radical (unpaired) electrons. The van der Waals surface area contributed by atoms with Crippen molar-refractivity contribution >= 4 is 54.6 Å².